The van der Waals surface area contributed by atoms with Crippen LogP contribution in [0.2, 0.25) is 0 Å². The second kappa shape index (κ2) is 15.2. The third-order valence-corrected chi connectivity index (χ3v) is 2.44. The molecule has 104 valence electrons. The van der Waals surface area contributed by atoms with E-state index in [0.717, 1.165) is 0 Å². The highest BCUT2D eigenvalue weighted by atomic mass is 14.2. The van der Waals surface area contributed by atoms with Crippen molar-refractivity contribution in [1.29, 1.82) is 0 Å². The molecule has 0 radical (unpaired) electrons. The van der Waals surface area contributed by atoms with Crippen LogP contribution in [0.25, 0.3) is 0 Å². The maximum Gasteiger partial charge on any atom is -0.0106 e. The van der Waals surface area contributed by atoms with Crippen LogP contribution in [0.4, 0.5) is 0 Å². The highest BCUT2D eigenvalue weighted by molar-refractivity contribution is 5.22. The van der Waals surface area contributed by atoms with Gasteiger partial charge >= 0.3 is 0 Å². The minimum absolute atomic E-state index is 0. The third-order valence-electron chi connectivity index (χ3n) is 2.44. The Morgan fingerprint density at radius 3 is 1.47 bits per heavy atom. The second-order valence-electron chi connectivity index (χ2n) is 3.60. The standard InChI is InChI=1S/C11H16.2C2H6.2CH4/c1-4-11(2,3)10-8-6-5-7-9-10;2*1-2;;/h5-9H,4H2,1-3H3;2*1-2H3;2*1H4. The lowest BCUT2D eigenvalue weighted by Crippen LogP contribution is -2.14. The molecule has 0 unspecified atom stereocenters. The van der Waals surface area contributed by atoms with Gasteiger partial charge in [0.05, 0.1) is 0 Å². The van der Waals surface area contributed by atoms with Crippen molar-refractivity contribution in [2.75, 3.05) is 0 Å². The summed E-state index contributed by atoms with van der Waals surface area (Å²) >= 11 is 0. The summed E-state index contributed by atoms with van der Waals surface area (Å²) in [4.78, 5) is 0. The van der Waals surface area contributed by atoms with E-state index in [0.29, 0.717) is 5.41 Å². The van der Waals surface area contributed by atoms with Crippen molar-refractivity contribution in [2.45, 2.75) is 75.2 Å². The number of hydrogen-bond acceptors (Lipinski definition) is 0. The lowest BCUT2D eigenvalue weighted by atomic mass is 9.82. The van der Waals surface area contributed by atoms with E-state index in [9.17, 15) is 0 Å². The zero-order valence-corrected chi connectivity index (χ0v) is 11.6. The van der Waals surface area contributed by atoms with Gasteiger partial charge in [0.15, 0.2) is 0 Å². The Labute approximate surface area is 111 Å². The Morgan fingerprint density at radius 1 is 0.824 bits per heavy atom. The van der Waals surface area contributed by atoms with Crippen LogP contribution in [0.1, 0.15) is 75.3 Å². The van der Waals surface area contributed by atoms with Gasteiger partial charge in [0.2, 0.25) is 0 Å². The molecule has 0 atom stereocenters. The van der Waals surface area contributed by atoms with Crippen molar-refractivity contribution < 1.29 is 0 Å². The largest absolute Gasteiger partial charge is 0.0776 e. The summed E-state index contributed by atoms with van der Waals surface area (Å²) in [5, 5.41) is 0. The molecular weight excluding hydrogens is 204 g/mol. The van der Waals surface area contributed by atoms with Gasteiger partial charge in [0.1, 0.15) is 0 Å². The molecule has 0 N–H and O–H groups in total. The van der Waals surface area contributed by atoms with Crippen molar-refractivity contribution in [3.8, 4) is 0 Å². The van der Waals surface area contributed by atoms with Crippen LogP contribution in [-0.2, 0) is 5.41 Å². The fraction of sp³-hybridized carbons (Fsp3) is 0.647. The van der Waals surface area contributed by atoms with Crippen LogP contribution in [0.3, 0.4) is 0 Å². The Kier molecular flexibility index (Phi) is 22.5. The summed E-state index contributed by atoms with van der Waals surface area (Å²) in [6.45, 7) is 14.8. The maximum absolute atomic E-state index is 2.28. The minimum Gasteiger partial charge on any atom is -0.0776 e. The van der Waals surface area contributed by atoms with E-state index < -0.39 is 0 Å². The molecule has 0 aromatic heterocycles. The summed E-state index contributed by atoms with van der Waals surface area (Å²) in [5.41, 5.74) is 1.77. The van der Waals surface area contributed by atoms with Gasteiger partial charge in [0, 0.05) is 0 Å². The van der Waals surface area contributed by atoms with Gasteiger partial charge in [-0.2, -0.15) is 0 Å². The van der Waals surface area contributed by atoms with Crippen molar-refractivity contribution >= 4 is 0 Å². The molecule has 1 rings (SSSR count). The van der Waals surface area contributed by atoms with Crippen molar-refractivity contribution in [3.63, 3.8) is 0 Å². The summed E-state index contributed by atoms with van der Waals surface area (Å²) in [7, 11) is 0. The van der Waals surface area contributed by atoms with Gasteiger partial charge in [-0.15, -0.1) is 0 Å². The molecule has 0 heterocycles. The van der Waals surface area contributed by atoms with Gasteiger partial charge in [-0.25, -0.2) is 0 Å². The lowest BCUT2D eigenvalue weighted by molar-refractivity contribution is 0.506. The fourth-order valence-corrected chi connectivity index (χ4v) is 1.09. The Balaban J connectivity index is -0.000000128. The molecule has 17 heavy (non-hydrogen) atoms. The van der Waals surface area contributed by atoms with Crippen LogP contribution < -0.4 is 0 Å². The van der Waals surface area contributed by atoms with E-state index in [1.54, 1.807) is 0 Å². The molecule has 0 aliphatic carbocycles. The average Bonchev–Trinajstić information content (AvgIpc) is 2.35. The molecule has 0 amide bonds. The van der Waals surface area contributed by atoms with Gasteiger partial charge in [-0.3, -0.25) is 0 Å². The van der Waals surface area contributed by atoms with Crippen LogP contribution in [0, 0.1) is 0 Å². The molecule has 0 aliphatic rings. The van der Waals surface area contributed by atoms with Gasteiger partial charge in [0.25, 0.3) is 0 Å². The predicted molar refractivity (Wildman–Crippen MR) is 85.9 cm³/mol. The second-order valence-corrected chi connectivity index (χ2v) is 3.60. The number of hydrogen-bond donors (Lipinski definition) is 0. The first-order chi connectivity index (χ1) is 7.17. The Bertz CT molecular complexity index is 209. The van der Waals surface area contributed by atoms with Gasteiger partial charge in [-0.05, 0) is 17.4 Å². The third kappa shape index (κ3) is 10.1. The first-order valence-electron chi connectivity index (χ1n) is 6.22. The first kappa shape index (κ1) is 25.2. The fourth-order valence-electron chi connectivity index (χ4n) is 1.09. The molecule has 0 bridgehead atoms. The van der Waals surface area contributed by atoms with Crippen molar-refractivity contribution in [2.24, 2.45) is 0 Å². The Morgan fingerprint density at radius 2 is 1.18 bits per heavy atom. The molecule has 0 heteroatoms. The number of rotatable bonds is 2. The van der Waals surface area contributed by atoms with E-state index in [-0.39, 0.29) is 14.9 Å². The average molecular weight is 240 g/mol. The predicted octanol–water partition coefficient (Wildman–Crippen LogP) is 6.70. The quantitative estimate of drug-likeness (QED) is 0.539. The monoisotopic (exact) mass is 240 g/mol. The van der Waals surface area contributed by atoms with Crippen LogP contribution in [0.15, 0.2) is 30.3 Å². The van der Waals surface area contributed by atoms with Gasteiger partial charge < -0.3 is 0 Å². The molecular formula is C17H36. The number of benzene rings is 1. The molecule has 0 fully saturated rings. The smallest absolute Gasteiger partial charge is 0.0106 e. The minimum atomic E-state index is 0. The van der Waals surface area contributed by atoms with Crippen LogP contribution in [0.5, 0.6) is 0 Å². The van der Waals surface area contributed by atoms with E-state index in [1.165, 1.54) is 12.0 Å². The molecule has 0 nitrogen and oxygen atoms in total. The SMILES string of the molecule is C.C.CC.CC.CCC(C)(C)c1ccccc1. The summed E-state index contributed by atoms with van der Waals surface area (Å²) in [6, 6.07) is 10.7. The summed E-state index contributed by atoms with van der Waals surface area (Å²) in [5.74, 6) is 0. The van der Waals surface area contributed by atoms with E-state index in [2.05, 4.69) is 51.1 Å². The molecule has 1 aromatic carbocycles. The highest BCUT2D eigenvalue weighted by Crippen LogP contribution is 2.25. The topological polar surface area (TPSA) is 0 Å². The van der Waals surface area contributed by atoms with Crippen LogP contribution >= 0.6 is 0 Å². The van der Waals surface area contributed by atoms with E-state index >= 15 is 0 Å². The van der Waals surface area contributed by atoms with Gasteiger partial charge in [-0.1, -0.05) is 93.7 Å². The molecule has 0 saturated heterocycles. The van der Waals surface area contributed by atoms with E-state index in [4.69, 9.17) is 0 Å². The normalized spacial score (nSPS) is 8.18. The molecule has 0 saturated carbocycles. The molecule has 1 aromatic rings. The zero-order chi connectivity index (χ0) is 12.3. The summed E-state index contributed by atoms with van der Waals surface area (Å²) in [6.07, 6.45) is 1.19. The highest BCUT2D eigenvalue weighted by Gasteiger charge is 2.16. The summed E-state index contributed by atoms with van der Waals surface area (Å²) < 4.78 is 0. The van der Waals surface area contributed by atoms with Crippen molar-refractivity contribution in [3.05, 3.63) is 35.9 Å². The molecule has 0 spiro atoms. The first-order valence-corrected chi connectivity index (χ1v) is 6.22. The lowest BCUT2D eigenvalue weighted by Gasteiger charge is -2.22. The maximum atomic E-state index is 2.28. The zero-order valence-electron chi connectivity index (χ0n) is 11.6. The Hall–Kier alpha value is -0.780. The van der Waals surface area contributed by atoms with Crippen LogP contribution in [-0.4, -0.2) is 0 Å². The molecule has 0 aliphatic heterocycles. The van der Waals surface area contributed by atoms with E-state index in [1.807, 2.05) is 27.7 Å². The van der Waals surface area contributed by atoms with Crippen molar-refractivity contribution in [1.82, 2.24) is 0 Å².